The summed E-state index contributed by atoms with van der Waals surface area (Å²) < 4.78 is 13.6. The van der Waals surface area contributed by atoms with E-state index in [1.54, 1.807) is 41.3 Å². The molecule has 2 N–H and O–H groups in total. The predicted molar refractivity (Wildman–Crippen MR) is 113 cm³/mol. The van der Waals surface area contributed by atoms with Gasteiger partial charge in [0, 0.05) is 24.0 Å². The highest BCUT2D eigenvalue weighted by molar-refractivity contribution is 7.12. The second-order valence-electron chi connectivity index (χ2n) is 7.04. The zero-order valence-corrected chi connectivity index (χ0v) is 16.6. The minimum absolute atomic E-state index is 0.00493. The molecule has 1 atom stereocenters. The smallest absolute Gasteiger partial charge is 0.321 e. The Morgan fingerprint density at radius 3 is 2.59 bits per heavy atom. The zero-order chi connectivity index (χ0) is 20.4. The van der Waals surface area contributed by atoms with Crippen LogP contribution >= 0.6 is 11.3 Å². The standard InChI is InChI=1S/C22H20FN3O2S/c1-14-10-15-7-8-17(23)11-16(15)13-26(14)22(28)25-19-5-2-4-18(12-19)24-21(27)20-6-3-9-29-20/h2-9,11-12,14H,10,13H2,1H3,(H,24,27)(H,25,28)/t14-/m0/s1. The molecule has 7 heteroatoms. The summed E-state index contributed by atoms with van der Waals surface area (Å²) in [5.41, 5.74) is 3.08. The highest BCUT2D eigenvalue weighted by atomic mass is 32.1. The van der Waals surface area contributed by atoms with Crippen LogP contribution in [0.5, 0.6) is 0 Å². The Morgan fingerprint density at radius 1 is 1.03 bits per heavy atom. The molecular formula is C22H20FN3O2S. The molecule has 0 radical (unpaired) electrons. The van der Waals surface area contributed by atoms with E-state index in [1.807, 2.05) is 18.4 Å². The molecule has 0 aliphatic carbocycles. The number of nitrogens with zero attached hydrogens (tertiary/aromatic N) is 1. The largest absolute Gasteiger partial charge is 0.322 e. The van der Waals surface area contributed by atoms with E-state index in [4.69, 9.17) is 0 Å². The molecule has 1 aromatic heterocycles. The van der Waals surface area contributed by atoms with E-state index in [9.17, 15) is 14.0 Å². The summed E-state index contributed by atoms with van der Waals surface area (Å²) in [4.78, 5) is 27.4. The maximum Gasteiger partial charge on any atom is 0.322 e. The van der Waals surface area contributed by atoms with Crippen molar-refractivity contribution in [2.24, 2.45) is 0 Å². The number of thiophene rings is 1. The van der Waals surface area contributed by atoms with Gasteiger partial charge in [-0.25, -0.2) is 9.18 Å². The molecular weight excluding hydrogens is 389 g/mol. The van der Waals surface area contributed by atoms with Crippen LogP contribution in [0.15, 0.2) is 60.0 Å². The molecule has 29 heavy (non-hydrogen) atoms. The first-order chi connectivity index (χ1) is 14.0. The summed E-state index contributed by atoms with van der Waals surface area (Å²) in [7, 11) is 0. The number of amides is 3. The fourth-order valence-corrected chi connectivity index (χ4v) is 4.07. The van der Waals surface area contributed by atoms with Crippen molar-refractivity contribution in [1.29, 1.82) is 0 Å². The van der Waals surface area contributed by atoms with Gasteiger partial charge in [-0.2, -0.15) is 0 Å². The van der Waals surface area contributed by atoms with Crippen LogP contribution in [0.4, 0.5) is 20.6 Å². The van der Waals surface area contributed by atoms with Gasteiger partial charge in [-0.15, -0.1) is 11.3 Å². The molecule has 2 heterocycles. The number of hydrogen-bond acceptors (Lipinski definition) is 3. The molecule has 0 unspecified atom stereocenters. The van der Waals surface area contributed by atoms with Crippen LogP contribution in [0.25, 0.3) is 0 Å². The van der Waals surface area contributed by atoms with E-state index < -0.39 is 0 Å². The Morgan fingerprint density at radius 2 is 1.83 bits per heavy atom. The number of hydrogen-bond donors (Lipinski definition) is 2. The van der Waals surface area contributed by atoms with E-state index in [0.717, 1.165) is 11.1 Å². The molecule has 148 valence electrons. The fraction of sp³-hybridized carbons (Fsp3) is 0.182. The molecule has 0 saturated heterocycles. The van der Waals surface area contributed by atoms with Crippen LogP contribution in [0.2, 0.25) is 0 Å². The molecule has 4 rings (SSSR count). The summed E-state index contributed by atoms with van der Waals surface area (Å²) in [6.45, 7) is 2.33. The monoisotopic (exact) mass is 409 g/mol. The van der Waals surface area contributed by atoms with Crippen LogP contribution < -0.4 is 10.6 Å². The highest BCUT2D eigenvalue weighted by Gasteiger charge is 2.27. The lowest BCUT2D eigenvalue weighted by Gasteiger charge is -2.35. The van der Waals surface area contributed by atoms with Crippen molar-refractivity contribution in [3.05, 3.63) is 81.8 Å². The third-order valence-electron chi connectivity index (χ3n) is 4.93. The molecule has 0 spiro atoms. The van der Waals surface area contributed by atoms with Crippen molar-refractivity contribution in [3.8, 4) is 0 Å². The first-order valence-electron chi connectivity index (χ1n) is 9.29. The Kier molecular flexibility index (Phi) is 5.31. The second-order valence-corrected chi connectivity index (χ2v) is 7.98. The van der Waals surface area contributed by atoms with Gasteiger partial charge in [-0.3, -0.25) is 4.79 Å². The quantitative estimate of drug-likeness (QED) is 0.631. The fourth-order valence-electron chi connectivity index (χ4n) is 3.45. The topological polar surface area (TPSA) is 61.4 Å². The number of halogens is 1. The summed E-state index contributed by atoms with van der Waals surface area (Å²) in [6.07, 6.45) is 0.681. The minimum Gasteiger partial charge on any atom is -0.321 e. The second kappa shape index (κ2) is 8.05. The van der Waals surface area contributed by atoms with Crippen LogP contribution in [-0.4, -0.2) is 22.9 Å². The predicted octanol–water partition coefficient (Wildman–Crippen LogP) is 5.12. The number of anilines is 2. The van der Waals surface area contributed by atoms with E-state index >= 15 is 0 Å². The van der Waals surface area contributed by atoms with E-state index in [-0.39, 0.29) is 23.8 Å². The third kappa shape index (κ3) is 4.30. The van der Waals surface area contributed by atoms with Crippen molar-refractivity contribution in [3.63, 3.8) is 0 Å². The summed E-state index contributed by atoms with van der Waals surface area (Å²) in [5, 5.41) is 7.55. The van der Waals surface area contributed by atoms with E-state index in [0.29, 0.717) is 29.2 Å². The van der Waals surface area contributed by atoms with Gasteiger partial charge in [0.25, 0.3) is 5.91 Å². The van der Waals surface area contributed by atoms with Gasteiger partial charge in [-0.05, 0) is 66.2 Å². The normalized spacial score (nSPS) is 15.5. The zero-order valence-electron chi connectivity index (χ0n) is 15.8. The van der Waals surface area contributed by atoms with E-state index in [1.165, 1.54) is 23.5 Å². The molecule has 3 amide bonds. The Balaban J connectivity index is 1.45. The van der Waals surface area contributed by atoms with Gasteiger partial charge in [0.05, 0.1) is 4.88 Å². The van der Waals surface area contributed by atoms with Gasteiger partial charge < -0.3 is 15.5 Å². The van der Waals surface area contributed by atoms with Gasteiger partial charge in [0.1, 0.15) is 5.82 Å². The van der Waals surface area contributed by atoms with Gasteiger partial charge >= 0.3 is 6.03 Å². The van der Waals surface area contributed by atoms with Crippen LogP contribution in [-0.2, 0) is 13.0 Å². The van der Waals surface area contributed by atoms with Crippen molar-refractivity contribution >= 4 is 34.6 Å². The lowest BCUT2D eigenvalue weighted by atomic mass is 9.95. The van der Waals surface area contributed by atoms with Crippen LogP contribution in [0.3, 0.4) is 0 Å². The Hall–Kier alpha value is -3.19. The molecule has 0 saturated carbocycles. The van der Waals surface area contributed by atoms with Gasteiger partial charge in [-0.1, -0.05) is 18.2 Å². The minimum atomic E-state index is -0.298. The first kappa shape index (κ1) is 19.1. The Bertz CT molecular complexity index is 1050. The average molecular weight is 409 g/mol. The van der Waals surface area contributed by atoms with E-state index in [2.05, 4.69) is 10.6 Å². The maximum absolute atomic E-state index is 13.6. The first-order valence-corrected chi connectivity index (χ1v) is 10.2. The highest BCUT2D eigenvalue weighted by Crippen LogP contribution is 2.25. The molecule has 0 fully saturated rings. The number of fused-ring (bicyclic) bond motifs is 1. The van der Waals surface area contributed by atoms with Crippen LogP contribution in [0, 0.1) is 5.82 Å². The molecule has 1 aliphatic rings. The van der Waals surface area contributed by atoms with Crippen molar-refractivity contribution < 1.29 is 14.0 Å². The lowest BCUT2D eigenvalue weighted by Crippen LogP contribution is -2.44. The summed E-state index contributed by atoms with van der Waals surface area (Å²) >= 11 is 1.36. The van der Waals surface area contributed by atoms with Gasteiger partial charge in [0.15, 0.2) is 0 Å². The van der Waals surface area contributed by atoms with Crippen molar-refractivity contribution in [1.82, 2.24) is 4.90 Å². The SMILES string of the molecule is C[C@H]1Cc2ccc(F)cc2CN1C(=O)Nc1cccc(NC(=O)c2cccs2)c1. The number of nitrogens with one attached hydrogen (secondary N) is 2. The molecule has 0 bridgehead atoms. The molecule has 5 nitrogen and oxygen atoms in total. The van der Waals surface area contributed by atoms with Crippen LogP contribution in [0.1, 0.15) is 27.7 Å². The summed E-state index contributed by atoms with van der Waals surface area (Å²) in [6, 6.07) is 15.1. The number of benzene rings is 2. The number of rotatable bonds is 3. The Labute approximate surface area is 172 Å². The third-order valence-corrected chi connectivity index (χ3v) is 5.80. The average Bonchev–Trinajstić information content (AvgIpc) is 3.23. The number of carbonyl (C=O) groups excluding carboxylic acids is 2. The van der Waals surface area contributed by atoms with Crippen molar-refractivity contribution in [2.75, 3.05) is 10.6 Å². The lowest BCUT2D eigenvalue weighted by molar-refractivity contribution is 0.103. The molecule has 3 aromatic rings. The number of urea groups is 1. The molecule has 2 aromatic carbocycles. The van der Waals surface area contributed by atoms with Gasteiger partial charge in [0.2, 0.25) is 0 Å². The maximum atomic E-state index is 13.6. The summed E-state index contributed by atoms with van der Waals surface area (Å²) in [5.74, 6) is -0.486. The van der Waals surface area contributed by atoms with Crippen molar-refractivity contribution in [2.45, 2.75) is 25.9 Å². The molecule has 1 aliphatic heterocycles. The number of carbonyl (C=O) groups is 2.